The molecule has 106 valence electrons. The first-order valence-corrected chi connectivity index (χ1v) is 7.58. The third-order valence-corrected chi connectivity index (χ3v) is 4.15. The molecular weight excluding hydrogens is 222 g/mol. The van der Waals surface area contributed by atoms with Crippen LogP contribution in [0.4, 0.5) is 0 Å². The zero-order chi connectivity index (χ0) is 13.2. The van der Waals surface area contributed by atoms with Crippen molar-refractivity contribution < 1.29 is 0 Å². The van der Waals surface area contributed by atoms with Gasteiger partial charge in [0, 0.05) is 31.7 Å². The van der Waals surface area contributed by atoms with E-state index in [9.17, 15) is 0 Å². The second kappa shape index (κ2) is 5.89. The van der Waals surface area contributed by atoms with Crippen molar-refractivity contribution in [3.63, 3.8) is 0 Å². The Labute approximate surface area is 113 Å². The van der Waals surface area contributed by atoms with Gasteiger partial charge in [-0.05, 0) is 51.7 Å². The summed E-state index contributed by atoms with van der Waals surface area (Å²) in [5.41, 5.74) is 0.400. The average molecular weight is 253 g/mol. The van der Waals surface area contributed by atoms with Gasteiger partial charge in [-0.1, -0.05) is 13.8 Å². The van der Waals surface area contributed by atoms with Crippen LogP contribution in [0.2, 0.25) is 0 Å². The van der Waals surface area contributed by atoms with E-state index >= 15 is 0 Å². The van der Waals surface area contributed by atoms with Crippen molar-refractivity contribution in [3.8, 4) is 0 Å². The summed E-state index contributed by atoms with van der Waals surface area (Å²) in [6, 6.07) is 1.61. The van der Waals surface area contributed by atoms with Crippen molar-refractivity contribution in [2.75, 3.05) is 40.3 Å². The van der Waals surface area contributed by atoms with E-state index in [-0.39, 0.29) is 0 Å². The third-order valence-electron chi connectivity index (χ3n) is 4.15. The highest BCUT2D eigenvalue weighted by Crippen LogP contribution is 2.26. The zero-order valence-corrected chi connectivity index (χ0v) is 12.7. The molecule has 1 heterocycles. The fraction of sp³-hybridized carbons (Fsp3) is 1.00. The standard InChI is InChI=1S/C15H31N3/c1-15(2,11-16-13-7-8-13)12-18-9-5-6-14(18)10-17(3)4/h13-14,16H,5-12H2,1-4H3. The van der Waals surface area contributed by atoms with Gasteiger partial charge in [-0.15, -0.1) is 0 Å². The normalized spacial score (nSPS) is 26.2. The number of hydrogen-bond acceptors (Lipinski definition) is 3. The molecule has 1 N–H and O–H groups in total. The van der Waals surface area contributed by atoms with Gasteiger partial charge in [-0.3, -0.25) is 4.90 Å². The summed E-state index contributed by atoms with van der Waals surface area (Å²) >= 11 is 0. The SMILES string of the molecule is CN(C)CC1CCCN1CC(C)(C)CNC1CC1. The predicted molar refractivity (Wildman–Crippen MR) is 78.0 cm³/mol. The number of nitrogens with one attached hydrogen (secondary N) is 1. The van der Waals surface area contributed by atoms with E-state index in [4.69, 9.17) is 0 Å². The molecule has 3 nitrogen and oxygen atoms in total. The van der Waals surface area contributed by atoms with Gasteiger partial charge in [0.2, 0.25) is 0 Å². The first-order chi connectivity index (χ1) is 8.46. The summed E-state index contributed by atoms with van der Waals surface area (Å²) in [6.07, 6.45) is 5.54. The molecular formula is C15H31N3. The monoisotopic (exact) mass is 253 g/mol. The Bertz CT molecular complexity index is 258. The molecule has 1 aliphatic carbocycles. The van der Waals surface area contributed by atoms with E-state index in [1.807, 2.05) is 0 Å². The van der Waals surface area contributed by atoms with Crippen molar-refractivity contribution in [2.45, 2.75) is 51.6 Å². The lowest BCUT2D eigenvalue weighted by molar-refractivity contribution is 0.142. The van der Waals surface area contributed by atoms with Gasteiger partial charge in [0.05, 0.1) is 0 Å². The lowest BCUT2D eigenvalue weighted by atomic mass is 9.92. The fourth-order valence-corrected chi connectivity index (χ4v) is 3.05. The molecule has 1 saturated heterocycles. The second-order valence-corrected chi connectivity index (χ2v) is 7.35. The van der Waals surface area contributed by atoms with Gasteiger partial charge in [0.15, 0.2) is 0 Å². The number of hydrogen-bond donors (Lipinski definition) is 1. The number of likely N-dealkylation sites (tertiary alicyclic amines) is 1. The molecule has 2 aliphatic rings. The van der Waals surface area contributed by atoms with Crippen molar-refractivity contribution in [1.29, 1.82) is 0 Å². The zero-order valence-electron chi connectivity index (χ0n) is 12.7. The van der Waals surface area contributed by atoms with Crippen molar-refractivity contribution in [3.05, 3.63) is 0 Å². The summed E-state index contributed by atoms with van der Waals surface area (Å²) in [4.78, 5) is 5.05. The molecule has 0 amide bonds. The Hall–Kier alpha value is -0.120. The number of likely N-dealkylation sites (N-methyl/N-ethyl adjacent to an activating group) is 1. The van der Waals surface area contributed by atoms with Crippen LogP contribution in [0.5, 0.6) is 0 Å². The largest absolute Gasteiger partial charge is 0.313 e. The molecule has 1 unspecified atom stereocenters. The van der Waals surface area contributed by atoms with Gasteiger partial charge >= 0.3 is 0 Å². The summed E-state index contributed by atoms with van der Waals surface area (Å²) in [6.45, 7) is 9.74. The molecule has 18 heavy (non-hydrogen) atoms. The molecule has 3 heteroatoms. The summed E-state index contributed by atoms with van der Waals surface area (Å²) in [7, 11) is 4.38. The van der Waals surface area contributed by atoms with Crippen LogP contribution in [-0.2, 0) is 0 Å². The number of nitrogens with zero attached hydrogens (tertiary/aromatic N) is 2. The molecule has 2 fully saturated rings. The highest BCUT2D eigenvalue weighted by atomic mass is 15.2. The van der Waals surface area contributed by atoms with Crippen LogP contribution in [-0.4, -0.2) is 62.2 Å². The second-order valence-electron chi connectivity index (χ2n) is 7.35. The van der Waals surface area contributed by atoms with Crippen LogP contribution in [0.3, 0.4) is 0 Å². The Morgan fingerprint density at radius 1 is 1.22 bits per heavy atom. The average Bonchev–Trinajstić information content (AvgIpc) is 3.00. The highest BCUT2D eigenvalue weighted by Gasteiger charge is 2.31. The molecule has 1 atom stereocenters. The van der Waals surface area contributed by atoms with Gasteiger partial charge in [-0.2, -0.15) is 0 Å². The van der Waals surface area contributed by atoms with Crippen LogP contribution >= 0.6 is 0 Å². The smallest absolute Gasteiger partial charge is 0.0223 e. The van der Waals surface area contributed by atoms with Crippen molar-refractivity contribution in [2.24, 2.45) is 5.41 Å². The Morgan fingerprint density at radius 2 is 1.94 bits per heavy atom. The molecule has 0 aromatic rings. The molecule has 1 saturated carbocycles. The van der Waals surface area contributed by atoms with E-state index in [2.05, 4.69) is 43.1 Å². The van der Waals surface area contributed by atoms with Crippen LogP contribution in [0, 0.1) is 5.41 Å². The Balaban J connectivity index is 1.78. The van der Waals surface area contributed by atoms with Gasteiger partial charge in [0.25, 0.3) is 0 Å². The van der Waals surface area contributed by atoms with Crippen LogP contribution < -0.4 is 5.32 Å². The van der Waals surface area contributed by atoms with E-state index in [0.29, 0.717) is 5.41 Å². The lowest BCUT2D eigenvalue weighted by Gasteiger charge is -2.35. The minimum absolute atomic E-state index is 0.400. The van der Waals surface area contributed by atoms with Crippen molar-refractivity contribution in [1.82, 2.24) is 15.1 Å². The minimum atomic E-state index is 0.400. The number of rotatable bonds is 7. The molecule has 1 aliphatic heterocycles. The quantitative estimate of drug-likeness (QED) is 0.746. The molecule has 0 aromatic carbocycles. The Kier molecular flexibility index (Phi) is 4.68. The van der Waals surface area contributed by atoms with Crippen LogP contribution in [0.1, 0.15) is 39.5 Å². The van der Waals surface area contributed by atoms with E-state index in [1.54, 1.807) is 0 Å². The van der Waals surface area contributed by atoms with Gasteiger partial charge < -0.3 is 10.2 Å². The summed E-state index contributed by atoms with van der Waals surface area (Å²) in [5.74, 6) is 0. The first-order valence-electron chi connectivity index (χ1n) is 7.58. The Morgan fingerprint density at radius 3 is 2.56 bits per heavy atom. The van der Waals surface area contributed by atoms with E-state index in [1.165, 1.54) is 51.9 Å². The molecule has 0 radical (unpaired) electrons. The van der Waals surface area contributed by atoms with Crippen LogP contribution in [0.15, 0.2) is 0 Å². The lowest BCUT2D eigenvalue weighted by Crippen LogP contribution is -2.45. The van der Waals surface area contributed by atoms with E-state index < -0.39 is 0 Å². The van der Waals surface area contributed by atoms with E-state index in [0.717, 1.165) is 12.1 Å². The highest BCUT2D eigenvalue weighted by molar-refractivity contribution is 4.88. The first kappa shape index (κ1) is 14.3. The van der Waals surface area contributed by atoms with Gasteiger partial charge in [0.1, 0.15) is 0 Å². The third kappa shape index (κ3) is 4.52. The van der Waals surface area contributed by atoms with Crippen LogP contribution in [0.25, 0.3) is 0 Å². The minimum Gasteiger partial charge on any atom is -0.313 e. The molecule has 2 rings (SSSR count). The van der Waals surface area contributed by atoms with Gasteiger partial charge in [-0.25, -0.2) is 0 Å². The summed E-state index contributed by atoms with van der Waals surface area (Å²) < 4.78 is 0. The molecule has 0 aromatic heterocycles. The maximum Gasteiger partial charge on any atom is 0.0223 e. The molecule has 0 bridgehead atoms. The predicted octanol–water partition coefficient (Wildman–Crippen LogP) is 1.79. The summed E-state index contributed by atoms with van der Waals surface area (Å²) in [5, 5.41) is 3.69. The van der Waals surface area contributed by atoms with Crippen molar-refractivity contribution >= 4 is 0 Å². The maximum absolute atomic E-state index is 3.69. The fourth-order valence-electron chi connectivity index (χ4n) is 3.05. The maximum atomic E-state index is 3.69. The topological polar surface area (TPSA) is 18.5 Å². The molecule has 0 spiro atoms.